The number of ether oxygens (including phenoxy) is 1. The molecule has 0 aliphatic rings. The molecule has 0 aliphatic carbocycles. The predicted octanol–water partition coefficient (Wildman–Crippen LogP) is 2.22. The number of ketones is 1. The van der Waals surface area contributed by atoms with Gasteiger partial charge in [-0.05, 0) is 20.8 Å². The standard InChI is InChI=1S/C14H27NO3S/c1-13(2,3)11(16)9-10(18-14(4,5)6)12(17)15-7-8-19/h10,19H,7-9H2,1-6H3,(H,15,17). The van der Waals surface area contributed by atoms with E-state index in [-0.39, 0.29) is 18.1 Å². The van der Waals surface area contributed by atoms with Crippen molar-refractivity contribution < 1.29 is 14.3 Å². The highest BCUT2D eigenvalue weighted by atomic mass is 32.1. The molecule has 19 heavy (non-hydrogen) atoms. The van der Waals surface area contributed by atoms with Gasteiger partial charge >= 0.3 is 0 Å². The predicted molar refractivity (Wildman–Crippen MR) is 80.6 cm³/mol. The zero-order chi connectivity index (χ0) is 15.3. The lowest BCUT2D eigenvalue weighted by molar-refractivity contribution is -0.148. The SMILES string of the molecule is CC(C)(C)OC(CC(=O)C(C)(C)C)C(=O)NCCS. The number of nitrogens with one attached hydrogen (secondary N) is 1. The van der Waals surface area contributed by atoms with Crippen LogP contribution in [0.3, 0.4) is 0 Å². The molecule has 0 rings (SSSR count). The minimum absolute atomic E-state index is 0.0165. The van der Waals surface area contributed by atoms with Crippen molar-refractivity contribution in [3.8, 4) is 0 Å². The Morgan fingerprint density at radius 3 is 2.05 bits per heavy atom. The lowest BCUT2D eigenvalue weighted by atomic mass is 9.87. The van der Waals surface area contributed by atoms with Gasteiger partial charge in [-0.15, -0.1) is 0 Å². The van der Waals surface area contributed by atoms with E-state index in [1.807, 2.05) is 41.5 Å². The van der Waals surface area contributed by atoms with Crippen LogP contribution in [0.5, 0.6) is 0 Å². The molecule has 0 fully saturated rings. The van der Waals surface area contributed by atoms with Crippen LogP contribution >= 0.6 is 12.6 Å². The third kappa shape index (κ3) is 8.26. The first kappa shape index (κ1) is 18.4. The monoisotopic (exact) mass is 289 g/mol. The lowest BCUT2D eigenvalue weighted by Gasteiger charge is -2.28. The fourth-order valence-electron chi connectivity index (χ4n) is 1.38. The summed E-state index contributed by atoms with van der Waals surface area (Å²) in [7, 11) is 0. The fraction of sp³-hybridized carbons (Fsp3) is 0.857. The Balaban J connectivity index is 4.77. The maximum atomic E-state index is 12.1. The Labute approximate surface area is 122 Å². The Kier molecular flexibility index (Phi) is 7.08. The first-order chi connectivity index (χ1) is 8.47. The van der Waals surface area contributed by atoms with Gasteiger partial charge in [0.25, 0.3) is 0 Å². The van der Waals surface area contributed by atoms with E-state index >= 15 is 0 Å². The third-order valence-corrected chi connectivity index (χ3v) is 2.63. The topological polar surface area (TPSA) is 55.4 Å². The molecule has 112 valence electrons. The number of carbonyl (C=O) groups is 2. The van der Waals surface area contributed by atoms with E-state index in [0.29, 0.717) is 12.3 Å². The van der Waals surface area contributed by atoms with Crippen molar-refractivity contribution in [3.63, 3.8) is 0 Å². The first-order valence-corrected chi connectivity index (χ1v) is 7.20. The summed E-state index contributed by atoms with van der Waals surface area (Å²) in [4.78, 5) is 24.1. The molecule has 0 spiro atoms. The number of hydrogen-bond donors (Lipinski definition) is 2. The van der Waals surface area contributed by atoms with Gasteiger partial charge in [-0.25, -0.2) is 0 Å². The molecule has 0 aliphatic heterocycles. The quantitative estimate of drug-likeness (QED) is 0.737. The average Bonchev–Trinajstić information content (AvgIpc) is 2.21. The molecule has 1 N–H and O–H groups in total. The van der Waals surface area contributed by atoms with Crippen molar-refractivity contribution in [2.75, 3.05) is 12.3 Å². The molecule has 0 saturated heterocycles. The Bertz CT molecular complexity index is 316. The first-order valence-electron chi connectivity index (χ1n) is 6.57. The van der Waals surface area contributed by atoms with Crippen LogP contribution < -0.4 is 5.32 Å². The number of Topliss-reactive ketones (excluding diaryl/α,β-unsaturated/α-hetero) is 1. The molecule has 0 saturated carbocycles. The van der Waals surface area contributed by atoms with Crippen molar-refractivity contribution in [1.82, 2.24) is 5.32 Å². The van der Waals surface area contributed by atoms with Crippen LogP contribution in [-0.2, 0) is 14.3 Å². The van der Waals surface area contributed by atoms with Gasteiger partial charge in [0.2, 0.25) is 5.91 Å². The summed E-state index contributed by atoms with van der Waals surface area (Å²) in [6, 6.07) is 0. The Morgan fingerprint density at radius 2 is 1.68 bits per heavy atom. The molecule has 0 aromatic carbocycles. The molecule has 0 bridgehead atoms. The maximum Gasteiger partial charge on any atom is 0.249 e. The van der Waals surface area contributed by atoms with Crippen LogP contribution in [0.15, 0.2) is 0 Å². The van der Waals surface area contributed by atoms with Crippen molar-refractivity contribution in [2.24, 2.45) is 5.41 Å². The van der Waals surface area contributed by atoms with E-state index in [1.165, 1.54) is 0 Å². The molecule has 1 amide bonds. The van der Waals surface area contributed by atoms with Gasteiger partial charge in [0.15, 0.2) is 0 Å². The van der Waals surface area contributed by atoms with Gasteiger partial charge in [-0.2, -0.15) is 12.6 Å². The average molecular weight is 289 g/mol. The number of amides is 1. The summed E-state index contributed by atoms with van der Waals surface area (Å²) in [6.07, 6.45) is -0.647. The zero-order valence-electron chi connectivity index (χ0n) is 12.9. The summed E-state index contributed by atoms with van der Waals surface area (Å²) in [5, 5.41) is 2.72. The molecule has 5 heteroatoms. The Hall–Kier alpha value is -0.550. The minimum atomic E-state index is -0.744. The molecule has 0 heterocycles. The van der Waals surface area contributed by atoms with Crippen LogP contribution in [0, 0.1) is 5.41 Å². The summed E-state index contributed by atoms with van der Waals surface area (Å²) in [5.41, 5.74) is -0.940. The summed E-state index contributed by atoms with van der Waals surface area (Å²) < 4.78 is 5.70. The van der Waals surface area contributed by atoms with E-state index < -0.39 is 17.1 Å². The molecule has 1 unspecified atom stereocenters. The molecular weight excluding hydrogens is 262 g/mol. The highest BCUT2D eigenvalue weighted by Crippen LogP contribution is 2.21. The minimum Gasteiger partial charge on any atom is -0.362 e. The molecule has 1 atom stereocenters. The van der Waals surface area contributed by atoms with Gasteiger partial charge in [0, 0.05) is 24.1 Å². The van der Waals surface area contributed by atoms with Crippen LogP contribution in [0.2, 0.25) is 0 Å². The van der Waals surface area contributed by atoms with Crippen molar-refractivity contribution in [3.05, 3.63) is 0 Å². The van der Waals surface area contributed by atoms with Gasteiger partial charge < -0.3 is 10.1 Å². The number of carbonyl (C=O) groups excluding carboxylic acids is 2. The lowest BCUT2D eigenvalue weighted by Crippen LogP contribution is -2.43. The largest absolute Gasteiger partial charge is 0.362 e. The van der Waals surface area contributed by atoms with Gasteiger partial charge in [-0.3, -0.25) is 9.59 Å². The van der Waals surface area contributed by atoms with Crippen LogP contribution in [-0.4, -0.2) is 35.7 Å². The molecule has 0 aromatic heterocycles. The van der Waals surface area contributed by atoms with Crippen LogP contribution in [0.1, 0.15) is 48.0 Å². The van der Waals surface area contributed by atoms with Crippen molar-refractivity contribution in [2.45, 2.75) is 59.7 Å². The summed E-state index contributed by atoms with van der Waals surface area (Å²) in [5.74, 6) is 0.325. The third-order valence-electron chi connectivity index (χ3n) is 2.41. The van der Waals surface area contributed by atoms with E-state index in [9.17, 15) is 9.59 Å². The highest BCUT2D eigenvalue weighted by Gasteiger charge is 2.31. The Morgan fingerprint density at radius 1 is 1.16 bits per heavy atom. The molecule has 0 aromatic rings. The maximum absolute atomic E-state index is 12.1. The number of thiol groups is 1. The summed E-state index contributed by atoms with van der Waals surface area (Å²) in [6.45, 7) is 11.6. The number of hydrogen-bond acceptors (Lipinski definition) is 4. The fourth-order valence-corrected chi connectivity index (χ4v) is 1.49. The van der Waals surface area contributed by atoms with E-state index in [2.05, 4.69) is 17.9 Å². The van der Waals surface area contributed by atoms with Gasteiger partial charge in [-0.1, -0.05) is 20.8 Å². The second-order valence-corrected chi connectivity index (χ2v) is 7.06. The van der Waals surface area contributed by atoms with Crippen molar-refractivity contribution in [1.29, 1.82) is 0 Å². The normalized spacial score (nSPS) is 14.1. The van der Waals surface area contributed by atoms with Gasteiger partial charge in [0.1, 0.15) is 11.9 Å². The number of rotatable bonds is 6. The highest BCUT2D eigenvalue weighted by molar-refractivity contribution is 7.80. The van der Waals surface area contributed by atoms with E-state index in [1.54, 1.807) is 0 Å². The molecular formula is C14H27NO3S. The smallest absolute Gasteiger partial charge is 0.249 e. The van der Waals surface area contributed by atoms with Crippen molar-refractivity contribution >= 4 is 24.3 Å². The zero-order valence-corrected chi connectivity index (χ0v) is 13.8. The van der Waals surface area contributed by atoms with Gasteiger partial charge in [0.05, 0.1) is 5.60 Å². The second kappa shape index (κ2) is 7.29. The molecule has 4 nitrogen and oxygen atoms in total. The van der Waals surface area contributed by atoms with Crippen LogP contribution in [0.4, 0.5) is 0 Å². The van der Waals surface area contributed by atoms with Crippen LogP contribution in [0.25, 0.3) is 0 Å². The molecule has 0 radical (unpaired) electrons. The second-order valence-electron chi connectivity index (χ2n) is 6.61. The summed E-state index contributed by atoms with van der Waals surface area (Å²) >= 11 is 4.04. The van der Waals surface area contributed by atoms with E-state index in [4.69, 9.17) is 4.74 Å². The van der Waals surface area contributed by atoms with E-state index in [0.717, 1.165) is 0 Å².